The van der Waals surface area contributed by atoms with Crippen molar-refractivity contribution in [2.24, 2.45) is 0 Å². The number of rotatable bonds is 7. The molecular formula is C16H18N4O5S. The van der Waals surface area contributed by atoms with Gasteiger partial charge in [0.15, 0.2) is 0 Å². The molecule has 1 atom stereocenters. The Hall–Kier alpha value is -2.85. The quantitative estimate of drug-likeness (QED) is 0.584. The van der Waals surface area contributed by atoms with Gasteiger partial charge in [-0.3, -0.25) is 25.0 Å². The highest BCUT2D eigenvalue weighted by atomic mass is 32.1. The number of benzene rings is 1. The van der Waals surface area contributed by atoms with Crippen LogP contribution >= 0.6 is 11.3 Å². The summed E-state index contributed by atoms with van der Waals surface area (Å²) in [5, 5.41) is 26.9. The van der Waals surface area contributed by atoms with Gasteiger partial charge in [-0.05, 0) is 32.5 Å². The maximum Gasteiger partial charge on any atom is 0.279 e. The van der Waals surface area contributed by atoms with Gasteiger partial charge in [-0.15, -0.1) is 11.3 Å². The number of carbonyl (C=O) groups excluding carboxylic acids is 1. The van der Waals surface area contributed by atoms with E-state index in [1.54, 1.807) is 11.3 Å². The van der Waals surface area contributed by atoms with Crippen LogP contribution < -0.4 is 5.32 Å². The molecule has 0 saturated carbocycles. The lowest BCUT2D eigenvalue weighted by molar-refractivity contribution is -0.395. The highest BCUT2D eigenvalue weighted by molar-refractivity contribution is 7.10. The van der Waals surface area contributed by atoms with Crippen LogP contribution in [0.3, 0.4) is 0 Å². The maximum atomic E-state index is 12.4. The van der Waals surface area contributed by atoms with Crippen molar-refractivity contribution in [1.82, 2.24) is 10.2 Å². The predicted molar refractivity (Wildman–Crippen MR) is 97.6 cm³/mol. The third kappa shape index (κ3) is 4.21. The Morgan fingerprint density at radius 3 is 2.23 bits per heavy atom. The molecular weight excluding hydrogens is 360 g/mol. The summed E-state index contributed by atoms with van der Waals surface area (Å²) in [4.78, 5) is 36.2. The van der Waals surface area contributed by atoms with Gasteiger partial charge >= 0.3 is 0 Å². The molecule has 1 amide bonds. The van der Waals surface area contributed by atoms with E-state index < -0.39 is 27.1 Å². The fourth-order valence-corrected chi connectivity index (χ4v) is 3.43. The van der Waals surface area contributed by atoms with Gasteiger partial charge in [-0.1, -0.05) is 6.07 Å². The molecule has 0 aliphatic heterocycles. The molecule has 0 radical (unpaired) electrons. The second kappa shape index (κ2) is 8.02. The van der Waals surface area contributed by atoms with E-state index in [0.717, 1.165) is 17.0 Å². The highest BCUT2D eigenvalue weighted by Gasteiger charge is 2.26. The Morgan fingerprint density at radius 2 is 1.81 bits per heavy atom. The molecule has 0 saturated heterocycles. The van der Waals surface area contributed by atoms with Crippen LogP contribution in [-0.2, 0) is 0 Å². The number of thiophene rings is 1. The zero-order chi connectivity index (χ0) is 19.4. The van der Waals surface area contributed by atoms with Crippen molar-refractivity contribution >= 4 is 28.6 Å². The number of nitrogens with one attached hydrogen (secondary N) is 1. The van der Waals surface area contributed by atoms with Crippen LogP contribution in [0.15, 0.2) is 29.6 Å². The second-order valence-electron chi connectivity index (χ2n) is 5.86. The minimum atomic E-state index is -0.729. The molecule has 2 rings (SSSR count). The first-order valence-electron chi connectivity index (χ1n) is 7.63. The van der Waals surface area contributed by atoms with Crippen LogP contribution in [0.5, 0.6) is 0 Å². The topological polar surface area (TPSA) is 119 Å². The lowest BCUT2D eigenvalue weighted by Gasteiger charge is -2.23. The average molecular weight is 378 g/mol. The third-order valence-corrected chi connectivity index (χ3v) is 4.93. The molecule has 26 heavy (non-hydrogen) atoms. The maximum absolute atomic E-state index is 12.4. The molecule has 1 N–H and O–H groups in total. The minimum Gasteiger partial charge on any atom is -0.350 e. The molecule has 0 bridgehead atoms. The fraction of sp³-hybridized carbons (Fsp3) is 0.312. The number of carbonyl (C=O) groups is 1. The molecule has 10 heteroatoms. The van der Waals surface area contributed by atoms with Gasteiger partial charge in [0, 0.05) is 23.6 Å². The number of nitro groups is 2. The smallest absolute Gasteiger partial charge is 0.279 e. The Bertz CT molecular complexity index is 800. The largest absolute Gasteiger partial charge is 0.350 e. The Labute approximate surface area is 153 Å². The molecule has 2 aromatic rings. The van der Waals surface area contributed by atoms with E-state index in [-0.39, 0.29) is 23.7 Å². The highest BCUT2D eigenvalue weighted by Crippen LogP contribution is 2.29. The van der Waals surface area contributed by atoms with Crippen LogP contribution in [0.4, 0.5) is 11.4 Å². The van der Waals surface area contributed by atoms with Crippen LogP contribution in [0.1, 0.15) is 26.8 Å². The second-order valence-corrected chi connectivity index (χ2v) is 6.84. The van der Waals surface area contributed by atoms with E-state index in [1.165, 1.54) is 6.92 Å². The lowest BCUT2D eigenvalue weighted by atomic mass is 10.1. The first kappa shape index (κ1) is 19.5. The number of nitrogens with zero attached hydrogens (tertiary/aromatic N) is 3. The standard InChI is InChI=1S/C16H18N4O5S/c1-10-12(19(22)23)7-11(8-13(10)20(24)25)16(21)17-9-14(18(2)3)15-5-4-6-26-15/h4-8,14H,9H2,1-3H3,(H,17,21). The van der Waals surface area contributed by atoms with Gasteiger partial charge in [0.2, 0.25) is 0 Å². The SMILES string of the molecule is Cc1c([N+](=O)[O-])cc(C(=O)NCC(c2cccs2)N(C)C)cc1[N+](=O)[O-]. The number of nitro benzene ring substituents is 2. The number of hydrogen-bond acceptors (Lipinski definition) is 7. The van der Waals surface area contributed by atoms with Gasteiger partial charge in [-0.2, -0.15) is 0 Å². The van der Waals surface area contributed by atoms with Crippen molar-refractivity contribution < 1.29 is 14.6 Å². The van der Waals surface area contributed by atoms with Crippen molar-refractivity contribution in [2.45, 2.75) is 13.0 Å². The van der Waals surface area contributed by atoms with Gasteiger partial charge in [-0.25, -0.2) is 0 Å². The molecule has 1 aromatic heterocycles. The Kier molecular flexibility index (Phi) is 6.01. The molecule has 0 aliphatic rings. The summed E-state index contributed by atoms with van der Waals surface area (Å²) >= 11 is 1.55. The van der Waals surface area contributed by atoms with Crippen LogP contribution in [0.25, 0.3) is 0 Å². The summed E-state index contributed by atoms with van der Waals surface area (Å²) in [6.45, 7) is 1.55. The summed E-state index contributed by atoms with van der Waals surface area (Å²) in [5.74, 6) is -0.598. The third-order valence-electron chi connectivity index (χ3n) is 3.96. The summed E-state index contributed by atoms with van der Waals surface area (Å²) in [5.41, 5.74) is -1.10. The van der Waals surface area contributed by atoms with Crippen LogP contribution in [0, 0.1) is 27.2 Å². The molecule has 0 aliphatic carbocycles. The van der Waals surface area contributed by atoms with E-state index in [0.29, 0.717) is 0 Å². The lowest BCUT2D eigenvalue weighted by Crippen LogP contribution is -2.34. The van der Waals surface area contributed by atoms with Gasteiger partial charge in [0.25, 0.3) is 17.3 Å². The van der Waals surface area contributed by atoms with Crippen LogP contribution in [0.2, 0.25) is 0 Å². The molecule has 1 heterocycles. The first-order valence-corrected chi connectivity index (χ1v) is 8.51. The number of likely N-dealkylation sites (N-methyl/N-ethyl adjacent to an activating group) is 1. The van der Waals surface area contributed by atoms with E-state index in [1.807, 2.05) is 36.5 Å². The monoisotopic (exact) mass is 378 g/mol. The normalized spacial score (nSPS) is 12.0. The van der Waals surface area contributed by atoms with E-state index in [4.69, 9.17) is 0 Å². The number of amides is 1. The van der Waals surface area contributed by atoms with Crippen molar-refractivity contribution in [1.29, 1.82) is 0 Å². The Morgan fingerprint density at radius 1 is 1.23 bits per heavy atom. The van der Waals surface area contributed by atoms with E-state index >= 15 is 0 Å². The van der Waals surface area contributed by atoms with Crippen molar-refractivity contribution in [2.75, 3.05) is 20.6 Å². The van der Waals surface area contributed by atoms with E-state index in [2.05, 4.69) is 5.32 Å². The minimum absolute atomic E-state index is 0.0747. The first-order chi connectivity index (χ1) is 12.2. The summed E-state index contributed by atoms with van der Waals surface area (Å²) in [6.07, 6.45) is 0. The molecule has 138 valence electrons. The van der Waals surface area contributed by atoms with Crippen LogP contribution in [-0.4, -0.2) is 41.3 Å². The van der Waals surface area contributed by atoms with Gasteiger partial charge in [0.05, 0.1) is 21.5 Å². The summed E-state index contributed by atoms with van der Waals surface area (Å²) in [7, 11) is 3.75. The predicted octanol–water partition coefficient (Wildman–Crippen LogP) is 2.91. The Balaban J connectivity index is 2.26. The zero-order valence-corrected chi connectivity index (χ0v) is 15.3. The van der Waals surface area contributed by atoms with E-state index in [9.17, 15) is 25.0 Å². The average Bonchev–Trinajstić information content (AvgIpc) is 3.08. The van der Waals surface area contributed by atoms with Crippen molar-refractivity contribution in [3.05, 3.63) is 65.9 Å². The molecule has 1 aromatic carbocycles. The molecule has 9 nitrogen and oxygen atoms in total. The zero-order valence-electron chi connectivity index (χ0n) is 14.5. The summed E-state index contributed by atoms with van der Waals surface area (Å²) < 4.78 is 0. The fourth-order valence-electron chi connectivity index (χ4n) is 2.50. The number of hydrogen-bond donors (Lipinski definition) is 1. The van der Waals surface area contributed by atoms with Crippen molar-refractivity contribution in [3.63, 3.8) is 0 Å². The van der Waals surface area contributed by atoms with Crippen molar-refractivity contribution in [3.8, 4) is 0 Å². The molecule has 0 spiro atoms. The van der Waals surface area contributed by atoms with Gasteiger partial charge in [0.1, 0.15) is 5.56 Å². The molecule has 1 unspecified atom stereocenters. The van der Waals surface area contributed by atoms with Gasteiger partial charge < -0.3 is 10.2 Å². The summed E-state index contributed by atoms with van der Waals surface area (Å²) in [6, 6.07) is 5.91. The molecule has 0 fully saturated rings.